The van der Waals surface area contributed by atoms with Gasteiger partial charge in [0, 0.05) is 18.9 Å². The number of carboxylic acids is 1. The van der Waals surface area contributed by atoms with Crippen molar-refractivity contribution in [2.45, 2.75) is 38.8 Å². The van der Waals surface area contributed by atoms with Gasteiger partial charge in [0.25, 0.3) is 0 Å². The van der Waals surface area contributed by atoms with Gasteiger partial charge in [-0.3, -0.25) is 4.79 Å². The maximum atomic E-state index is 13.8. The predicted molar refractivity (Wildman–Crippen MR) is 59.2 cm³/mol. The smallest absolute Gasteiger partial charge is 0.343 e. The number of rotatable bonds is 3. The minimum absolute atomic E-state index is 0.0383. The molecule has 1 N–H and O–H groups in total. The first-order chi connectivity index (χ1) is 7.82. The molecule has 96 valence electrons. The molecule has 1 amide bonds. The molecule has 0 aromatic heterocycles. The Morgan fingerprint density at radius 2 is 2.18 bits per heavy atom. The molecule has 1 heterocycles. The summed E-state index contributed by atoms with van der Waals surface area (Å²) in [5.74, 6) is -1.57. The second-order valence-corrected chi connectivity index (χ2v) is 5.54. The van der Waals surface area contributed by atoms with Crippen molar-refractivity contribution < 1.29 is 19.1 Å². The first-order valence-corrected chi connectivity index (χ1v) is 6.03. The van der Waals surface area contributed by atoms with Gasteiger partial charge >= 0.3 is 5.97 Å². The zero-order valence-corrected chi connectivity index (χ0v) is 10.2. The molecule has 1 aliphatic carbocycles. The molecule has 2 rings (SSSR count). The zero-order valence-electron chi connectivity index (χ0n) is 10.2. The Bertz CT molecular complexity index is 373. The second-order valence-electron chi connectivity index (χ2n) is 5.54. The molecule has 2 fully saturated rings. The molecule has 1 aliphatic heterocycles. The molecule has 2 aliphatic rings. The van der Waals surface area contributed by atoms with E-state index in [9.17, 15) is 14.0 Å². The maximum Gasteiger partial charge on any atom is 0.343 e. The van der Waals surface area contributed by atoms with Crippen LogP contribution in [-0.4, -0.2) is 40.6 Å². The Kier molecular flexibility index (Phi) is 2.67. The van der Waals surface area contributed by atoms with Gasteiger partial charge in [-0.05, 0) is 18.3 Å². The van der Waals surface area contributed by atoms with Crippen molar-refractivity contribution in [1.82, 2.24) is 4.90 Å². The van der Waals surface area contributed by atoms with Crippen molar-refractivity contribution in [3.63, 3.8) is 0 Å². The quantitative estimate of drug-likeness (QED) is 0.816. The van der Waals surface area contributed by atoms with Crippen LogP contribution >= 0.6 is 0 Å². The lowest BCUT2D eigenvalue weighted by molar-refractivity contribution is -0.150. The van der Waals surface area contributed by atoms with Gasteiger partial charge in [0.15, 0.2) is 0 Å². The van der Waals surface area contributed by atoms with E-state index in [1.165, 1.54) is 4.90 Å². The summed E-state index contributed by atoms with van der Waals surface area (Å²) in [5.41, 5.74) is -2.20. The molecule has 17 heavy (non-hydrogen) atoms. The molecule has 0 spiro atoms. The van der Waals surface area contributed by atoms with E-state index in [4.69, 9.17) is 5.11 Å². The number of amides is 1. The Balaban J connectivity index is 1.99. The average Bonchev–Trinajstić information content (AvgIpc) is 2.79. The van der Waals surface area contributed by atoms with Gasteiger partial charge in [-0.25, -0.2) is 9.18 Å². The number of hydrogen-bond acceptors (Lipinski definition) is 2. The fraction of sp³-hybridized carbons (Fsp3) is 0.833. The number of likely N-dealkylation sites (tertiary alicyclic amines) is 1. The van der Waals surface area contributed by atoms with E-state index in [0.717, 1.165) is 12.8 Å². The molecular formula is C12H18FNO3. The monoisotopic (exact) mass is 243 g/mol. The van der Waals surface area contributed by atoms with Crippen LogP contribution in [0.25, 0.3) is 0 Å². The van der Waals surface area contributed by atoms with E-state index in [0.29, 0.717) is 0 Å². The molecule has 3 atom stereocenters. The third-order valence-corrected chi connectivity index (χ3v) is 4.37. The number of aliphatic carboxylic acids is 1. The SMILES string of the molecule is CCC1(C)CC1C(=O)N1CCC(F)(C(=O)O)C1. The van der Waals surface area contributed by atoms with Gasteiger partial charge in [-0.15, -0.1) is 0 Å². The highest BCUT2D eigenvalue weighted by Crippen LogP contribution is 2.55. The van der Waals surface area contributed by atoms with Crippen LogP contribution in [0.4, 0.5) is 4.39 Å². The molecule has 3 unspecified atom stereocenters. The van der Waals surface area contributed by atoms with E-state index in [1.54, 1.807) is 0 Å². The average molecular weight is 243 g/mol. The standard InChI is InChI=1S/C12H18FNO3/c1-3-11(2)6-8(11)9(15)14-5-4-12(13,7-14)10(16)17/h8H,3-7H2,1-2H3,(H,16,17). The predicted octanol–water partition coefficient (Wildman–Crippen LogP) is 1.45. The normalized spacial score (nSPS) is 40.4. The first kappa shape index (κ1) is 12.3. The molecule has 0 aromatic carbocycles. The Hall–Kier alpha value is -1.13. The molecular weight excluding hydrogens is 225 g/mol. The van der Waals surface area contributed by atoms with Crippen LogP contribution in [0.3, 0.4) is 0 Å². The lowest BCUT2D eigenvalue weighted by Gasteiger charge is -2.19. The summed E-state index contributed by atoms with van der Waals surface area (Å²) in [6, 6.07) is 0. The van der Waals surface area contributed by atoms with Crippen LogP contribution in [0.2, 0.25) is 0 Å². The van der Waals surface area contributed by atoms with Crippen LogP contribution in [0, 0.1) is 11.3 Å². The van der Waals surface area contributed by atoms with Gasteiger partial charge in [0.05, 0.1) is 6.54 Å². The van der Waals surface area contributed by atoms with Crippen LogP contribution < -0.4 is 0 Å². The summed E-state index contributed by atoms with van der Waals surface area (Å²) in [6.45, 7) is 4.01. The molecule has 0 aromatic rings. The molecule has 0 radical (unpaired) electrons. The van der Waals surface area contributed by atoms with Crippen molar-refractivity contribution in [2.75, 3.05) is 13.1 Å². The van der Waals surface area contributed by atoms with Gasteiger partial charge in [-0.1, -0.05) is 13.8 Å². The lowest BCUT2D eigenvalue weighted by Crippen LogP contribution is -2.39. The van der Waals surface area contributed by atoms with E-state index in [2.05, 4.69) is 0 Å². The number of nitrogens with zero attached hydrogens (tertiary/aromatic N) is 1. The largest absolute Gasteiger partial charge is 0.479 e. The minimum Gasteiger partial charge on any atom is -0.479 e. The fourth-order valence-electron chi connectivity index (χ4n) is 2.54. The van der Waals surface area contributed by atoms with E-state index in [-0.39, 0.29) is 36.8 Å². The number of carboxylic acid groups (broad SMARTS) is 1. The number of halogens is 1. The summed E-state index contributed by atoms with van der Waals surface area (Å²) in [4.78, 5) is 24.2. The zero-order chi connectivity index (χ0) is 12.8. The molecule has 1 saturated carbocycles. The van der Waals surface area contributed by atoms with Crippen molar-refractivity contribution >= 4 is 11.9 Å². The fourth-order valence-corrected chi connectivity index (χ4v) is 2.54. The topological polar surface area (TPSA) is 57.6 Å². The Labute approximate surface area is 99.8 Å². The van der Waals surface area contributed by atoms with Gasteiger partial charge in [0.1, 0.15) is 0 Å². The van der Waals surface area contributed by atoms with Gasteiger partial charge in [0.2, 0.25) is 11.6 Å². The highest BCUT2D eigenvalue weighted by molar-refractivity contribution is 5.85. The van der Waals surface area contributed by atoms with E-state index in [1.807, 2.05) is 13.8 Å². The molecule has 5 heteroatoms. The van der Waals surface area contributed by atoms with Crippen molar-refractivity contribution in [1.29, 1.82) is 0 Å². The van der Waals surface area contributed by atoms with Crippen molar-refractivity contribution in [3.05, 3.63) is 0 Å². The van der Waals surface area contributed by atoms with Gasteiger partial charge in [-0.2, -0.15) is 0 Å². The van der Waals surface area contributed by atoms with E-state index >= 15 is 0 Å². The molecule has 1 saturated heterocycles. The number of carbonyl (C=O) groups is 2. The Morgan fingerprint density at radius 1 is 1.53 bits per heavy atom. The summed E-state index contributed by atoms with van der Waals surface area (Å²) >= 11 is 0. The molecule has 0 bridgehead atoms. The Morgan fingerprint density at radius 3 is 2.59 bits per heavy atom. The van der Waals surface area contributed by atoms with Crippen LogP contribution in [0.5, 0.6) is 0 Å². The third kappa shape index (κ3) is 1.91. The third-order valence-electron chi connectivity index (χ3n) is 4.37. The summed E-state index contributed by atoms with van der Waals surface area (Å²) in [5, 5.41) is 8.76. The number of carbonyl (C=O) groups excluding carboxylic acids is 1. The summed E-state index contributed by atoms with van der Waals surface area (Å²) in [7, 11) is 0. The van der Waals surface area contributed by atoms with E-state index < -0.39 is 11.6 Å². The molecule has 4 nitrogen and oxygen atoms in total. The number of alkyl halides is 1. The number of hydrogen-bond donors (Lipinski definition) is 1. The van der Waals surface area contributed by atoms with Crippen LogP contribution in [0.1, 0.15) is 33.1 Å². The van der Waals surface area contributed by atoms with Gasteiger partial charge < -0.3 is 10.0 Å². The van der Waals surface area contributed by atoms with Crippen molar-refractivity contribution in [2.24, 2.45) is 11.3 Å². The lowest BCUT2D eigenvalue weighted by atomic mass is 10.0. The minimum atomic E-state index is -2.24. The van der Waals surface area contributed by atoms with Crippen molar-refractivity contribution in [3.8, 4) is 0 Å². The van der Waals surface area contributed by atoms with Crippen LogP contribution in [0.15, 0.2) is 0 Å². The highest BCUT2D eigenvalue weighted by atomic mass is 19.1. The summed E-state index contributed by atoms with van der Waals surface area (Å²) < 4.78 is 13.8. The first-order valence-electron chi connectivity index (χ1n) is 6.03. The summed E-state index contributed by atoms with van der Waals surface area (Å²) in [6.07, 6.45) is 1.67. The second kappa shape index (κ2) is 3.68. The van der Waals surface area contributed by atoms with Crippen LogP contribution in [-0.2, 0) is 9.59 Å². The maximum absolute atomic E-state index is 13.8. The highest BCUT2D eigenvalue weighted by Gasteiger charge is 2.56.